The average Bonchev–Trinajstić information content (AvgIpc) is 3.43. The van der Waals surface area contributed by atoms with Gasteiger partial charge in [-0.15, -0.1) is 0 Å². The fourth-order valence-electron chi connectivity index (χ4n) is 9.66. The molecule has 1 saturated heterocycles. The zero-order chi connectivity index (χ0) is 30.7. The van der Waals surface area contributed by atoms with Gasteiger partial charge >= 0.3 is 0 Å². The molecule has 2 aromatic rings. The van der Waals surface area contributed by atoms with Crippen LogP contribution in [0.3, 0.4) is 0 Å². The van der Waals surface area contributed by atoms with Crippen molar-refractivity contribution in [3.8, 4) is 0 Å². The molecule has 3 saturated carbocycles. The highest BCUT2D eigenvalue weighted by Crippen LogP contribution is 2.58. The predicted molar refractivity (Wildman–Crippen MR) is 178 cm³/mol. The molecule has 0 radical (unpaired) electrons. The summed E-state index contributed by atoms with van der Waals surface area (Å²) in [4.78, 5) is 17.0. The van der Waals surface area contributed by atoms with Crippen molar-refractivity contribution < 1.29 is 9.90 Å². The van der Waals surface area contributed by atoms with Gasteiger partial charge in [0.15, 0.2) is 0 Å². The number of nitrogens with zero attached hydrogens (tertiary/aromatic N) is 1. The number of amidine groups is 1. The van der Waals surface area contributed by atoms with E-state index >= 15 is 0 Å². The van der Waals surface area contributed by atoms with Crippen molar-refractivity contribution in [2.24, 2.45) is 28.7 Å². The third-order valence-electron chi connectivity index (χ3n) is 12.1. The van der Waals surface area contributed by atoms with Crippen LogP contribution in [0.5, 0.6) is 0 Å². The van der Waals surface area contributed by atoms with Gasteiger partial charge in [-0.2, -0.15) is 0 Å². The highest BCUT2D eigenvalue weighted by Gasteiger charge is 2.59. The molecule has 1 amide bonds. The molecule has 0 aromatic heterocycles. The Bertz CT molecular complexity index is 1300. The van der Waals surface area contributed by atoms with Crippen LogP contribution < -0.4 is 16.8 Å². The van der Waals surface area contributed by atoms with Gasteiger partial charge in [0.05, 0.1) is 18.5 Å². The van der Waals surface area contributed by atoms with E-state index in [0.29, 0.717) is 18.3 Å². The fraction of sp³-hybridized carbons (Fsp3) is 0.676. The first-order chi connectivity index (χ1) is 21.4. The average molecular weight is 602 g/mol. The Morgan fingerprint density at radius 1 is 0.977 bits per heavy atom. The van der Waals surface area contributed by atoms with Crippen LogP contribution in [0.1, 0.15) is 114 Å². The molecule has 7 N–H and O–H groups in total. The molecule has 240 valence electrons. The second kappa shape index (κ2) is 13.9. The zero-order valence-electron chi connectivity index (χ0n) is 26.6. The van der Waals surface area contributed by atoms with E-state index in [1.807, 2.05) is 0 Å². The number of nitrogens with two attached hydrogens (primary N) is 2. The first-order valence-corrected chi connectivity index (χ1v) is 17.6. The van der Waals surface area contributed by atoms with E-state index in [1.165, 1.54) is 62.3 Å². The summed E-state index contributed by atoms with van der Waals surface area (Å²) in [5.41, 5.74) is 14.6. The molecular weight excluding hydrogens is 546 g/mol. The van der Waals surface area contributed by atoms with Crippen LogP contribution in [0.2, 0.25) is 0 Å². The van der Waals surface area contributed by atoms with Crippen molar-refractivity contribution >= 4 is 22.5 Å². The topological polar surface area (TPSA) is 128 Å². The van der Waals surface area contributed by atoms with E-state index in [-0.39, 0.29) is 48.0 Å². The summed E-state index contributed by atoms with van der Waals surface area (Å²) in [6, 6.07) is 13.1. The van der Waals surface area contributed by atoms with Crippen molar-refractivity contribution in [2.75, 3.05) is 0 Å². The van der Waals surface area contributed by atoms with Crippen LogP contribution in [-0.4, -0.2) is 45.9 Å². The number of rotatable bonds is 7. The Hall–Kier alpha value is -2.48. The molecule has 4 aliphatic rings. The first-order valence-electron chi connectivity index (χ1n) is 17.6. The summed E-state index contributed by atoms with van der Waals surface area (Å²) in [6.07, 6.45) is 17.9. The molecule has 1 aliphatic heterocycles. The highest BCUT2D eigenvalue weighted by atomic mass is 16.3. The third kappa shape index (κ3) is 6.56. The second-order valence-electron chi connectivity index (χ2n) is 14.7. The standard InChI is InChI=1S/C37H55N5O2/c38-30-13-15-31(16-14-30)41-36(44)33-22-37(29-10-5-3-1-2-4-6-11-29)18-17-27(35(39)40)21-34(37)42(33)23-28-20-25(24-43)19-26-9-7-8-12-32(26)28/h7-9,12,19-20,27,29-31,33-34,43H,1-6,10-11,13-18,21-24,38H2,(H3,39,40)(H,41,44)/t27?,30-,31-,33?,34?,37?. The van der Waals surface area contributed by atoms with Gasteiger partial charge in [0.25, 0.3) is 0 Å². The Labute approximate surface area is 264 Å². The van der Waals surface area contributed by atoms with Gasteiger partial charge in [0, 0.05) is 30.6 Å². The Kier molecular flexibility index (Phi) is 9.94. The monoisotopic (exact) mass is 601 g/mol. The second-order valence-corrected chi connectivity index (χ2v) is 14.7. The Balaban J connectivity index is 1.40. The van der Waals surface area contributed by atoms with Crippen molar-refractivity contribution in [1.82, 2.24) is 10.2 Å². The molecule has 4 fully saturated rings. The van der Waals surface area contributed by atoms with Gasteiger partial charge < -0.3 is 21.9 Å². The van der Waals surface area contributed by atoms with Crippen LogP contribution in [0.25, 0.3) is 10.8 Å². The number of likely N-dealkylation sites (tertiary alicyclic amines) is 1. The zero-order valence-corrected chi connectivity index (χ0v) is 26.6. The lowest BCUT2D eigenvalue weighted by Gasteiger charge is -2.49. The predicted octanol–water partition coefficient (Wildman–Crippen LogP) is 6.13. The number of carbonyl (C=O) groups excluding carboxylic acids is 1. The number of aliphatic hydroxyl groups excluding tert-OH is 1. The number of aliphatic hydroxyl groups is 1. The molecule has 1 heterocycles. The number of carbonyl (C=O) groups is 1. The highest BCUT2D eigenvalue weighted by molar-refractivity contribution is 5.87. The molecule has 3 aliphatic carbocycles. The maximum Gasteiger partial charge on any atom is 0.237 e. The van der Waals surface area contributed by atoms with Crippen LogP contribution in [0.15, 0.2) is 36.4 Å². The largest absolute Gasteiger partial charge is 0.392 e. The number of benzene rings is 2. The molecule has 0 spiro atoms. The maximum atomic E-state index is 14.5. The lowest BCUT2D eigenvalue weighted by Crippen LogP contribution is -2.52. The SMILES string of the molecule is N=C(N)C1CCC2(C3CCCCCCCC3)CC(C(=O)N[C@H]3CC[C@H](N)CC3)N(Cc3cc(CO)cc4ccccc34)C2C1. The quantitative estimate of drug-likeness (QED) is 0.193. The van der Waals surface area contributed by atoms with E-state index in [1.54, 1.807) is 0 Å². The smallest absolute Gasteiger partial charge is 0.237 e. The van der Waals surface area contributed by atoms with Crippen molar-refractivity contribution in [3.05, 3.63) is 47.5 Å². The summed E-state index contributed by atoms with van der Waals surface area (Å²) >= 11 is 0. The summed E-state index contributed by atoms with van der Waals surface area (Å²) in [5.74, 6) is 1.12. The van der Waals surface area contributed by atoms with E-state index in [2.05, 4.69) is 46.6 Å². The van der Waals surface area contributed by atoms with Gasteiger partial charge in [-0.05, 0) is 104 Å². The Morgan fingerprint density at radius 3 is 2.39 bits per heavy atom. The number of fused-ring (bicyclic) bond motifs is 2. The van der Waals surface area contributed by atoms with Crippen LogP contribution in [0.4, 0.5) is 0 Å². The molecule has 44 heavy (non-hydrogen) atoms. The summed E-state index contributed by atoms with van der Waals surface area (Å²) in [5, 5.41) is 24.4. The molecule has 0 bridgehead atoms. The van der Waals surface area contributed by atoms with Crippen molar-refractivity contribution in [2.45, 2.75) is 140 Å². The van der Waals surface area contributed by atoms with Gasteiger partial charge in [-0.1, -0.05) is 68.9 Å². The van der Waals surface area contributed by atoms with E-state index in [0.717, 1.165) is 62.3 Å². The minimum absolute atomic E-state index is 0.00653. The molecule has 7 nitrogen and oxygen atoms in total. The molecular formula is C37H55N5O2. The van der Waals surface area contributed by atoms with Gasteiger partial charge in [-0.3, -0.25) is 15.1 Å². The van der Waals surface area contributed by atoms with E-state index in [9.17, 15) is 9.90 Å². The lowest BCUT2D eigenvalue weighted by atomic mass is 9.58. The molecule has 2 aromatic carbocycles. The summed E-state index contributed by atoms with van der Waals surface area (Å²) in [7, 11) is 0. The summed E-state index contributed by atoms with van der Waals surface area (Å²) in [6.45, 7) is 0.652. The summed E-state index contributed by atoms with van der Waals surface area (Å²) < 4.78 is 0. The number of hydrogen-bond donors (Lipinski definition) is 5. The maximum absolute atomic E-state index is 14.5. The number of amides is 1. The molecule has 4 unspecified atom stereocenters. The van der Waals surface area contributed by atoms with Gasteiger partial charge in [0.1, 0.15) is 0 Å². The van der Waals surface area contributed by atoms with Crippen molar-refractivity contribution in [1.29, 1.82) is 5.41 Å². The van der Waals surface area contributed by atoms with Crippen LogP contribution in [0, 0.1) is 22.7 Å². The lowest BCUT2D eigenvalue weighted by molar-refractivity contribution is -0.127. The van der Waals surface area contributed by atoms with E-state index in [4.69, 9.17) is 16.9 Å². The number of nitrogens with one attached hydrogen (secondary N) is 2. The minimum atomic E-state index is -0.217. The molecule has 7 heteroatoms. The Morgan fingerprint density at radius 2 is 1.68 bits per heavy atom. The molecule has 6 rings (SSSR count). The van der Waals surface area contributed by atoms with Gasteiger partial charge in [-0.25, -0.2) is 0 Å². The first kappa shape index (κ1) is 31.5. The van der Waals surface area contributed by atoms with E-state index < -0.39 is 0 Å². The third-order valence-corrected chi connectivity index (χ3v) is 12.1. The van der Waals surface area contributed by atoms with Gasteiger partial charge in [0.2, 0.25) is 5.91 Å². The van der Waals surface area contributed by atoms with Crippen LogP contribution in [-0.2, 0) is 17.9 Å². The molecule has 4 atom stereocenters. The van der Waals surface area contributed by atoms with Crippen molar-refractivity contribution in [3.63, 3.8) is 0 Å². The number of hydrogen-bond acceptors (Lipinski definition) is 5. The van der Waals surface area contributed by atoms with Crippen LogP contribution >= 0.6 is 0 Å². The normalized spacial score (nSPS) is 32.4. The fourth-order valence-corrected chi connectivity index (χ4v) is 9.66. The minimum Gasteiger partial charge on any atom is -0.392 e.